The molecule has 3 heteroatoms. The number of nitrogens with two attached hydrogens (primary N) is 1. The van der Waals surface area contributed by atoms with Gasteiger partial charge >= 0.3 is 0 Å². The molecule has 0 spiro atoms. The van der Waals surface area contributed by atoms with Crippen molar-refractivity contribution in [3.8, 4) is 0 Å². The maximum Gasteiger partial charge on any atom is 0.0440 e. The van der Waals surface area contributed by atoms with Crippen molar-refractivity contribution in [1.29, 1.82) is 0 Å². The van der Waals surface area contributed by atoms with Gasteiger partial charge in [0.25, 0.3) is 0 Å². The SMILES string of the molecule is CC[C@H](N)c1ccccc1N(Cc1ccsc1)C1CC1. The third-order valence-electron chi connectivity index (χ3n) is 4.01. The second-order valence-electron chi connectivity index (χ2n) is 5.56. The van der Waals surface area contributed by atoms with Crippen molar-refractivity contribution >= 4 is 17.0 Å². The fourth-order valence-electron chi connectivity index (χ4n) is 2.66. The molecule has 0 amide bonds. The fourth-order valence-corrected chi connectivity index (χ4v) is 3.32. The van der Waals surface area contributed by atoms with Gasteiger partial charge < -0.3 is 10.6 Å². The Morgan fingerprint density at radius 3 is 2.75 bits per heavy atom. The average molecular weight is 286 g/mol. The number of rotatable bonds is 6. The molecule has 2 N–H and O–H groups in total. The molecule has 2 aromatic rings. The average Bonchev–Trinajstić information content (AvgIpc) is 3.20. The Hall–Kier alpha value is -1.32. The monoisotopic (exact) mass is 286 g/mol. The molecule has 106 valence electrons. The van der Waals surface area contributed by atoms with Gasteiger partial charge in [-0.05, 0) is 53.3 Å². The first-order valence-corrected chi connectivity index (χ1v) is 8.36. The third kappa shape index (κ3) is 2.89. The molecular weight excluding hydrogens is 264 g/mol. The number of benzene rings is 1. The summed E-state index contributed by atoms with van der Waals surface area (Å²) in [4.78, 5) is 2.55. The highest BCUT2D eigenvalue weighted by Gasteiger charge is 2.31. The van der Waals surface area contributed by atoms with Crippen molar-refractivity contribution in [3.05, 3.63) is 52.2 Å². The molecule has 0 unspecified atom stereocenters. The van der Waals surface area contributed by atoms with Gasteiger partial charge in [-0.3, -0.25) is 0 Å². The van der Waals surface area contributed by atoms with Crippen molar-refractivity contribution in [1.82, 2.24) is 0 Å². The van der Waals surface area contributed by atoms with Crippen LogP contribution in [0.1, 0.15) is 43.4 Å². The molecule has 1 aromatic carbocycles. The van der Waals surface area contributed by atoms with Crippen molar-refractivity contribution in [2.45, 2.75) is 44.8 Å². The van der Waals surface area contributed by atoms with Gasteiger partial charge in [0.2, 0.25) is 0 Å². The predicted octanol–water partition coefficient (Wildman–Crippen LogP) is 4.33. The summed E-state index contributed by atoms with van der Waals surface area (Å²) in [5, 5.41) is 4.40. The zero-order valence-corrected chi connectivity index (χ0v) is 12.8. The molecule has 3 rings (SSSR count). The van der Waals surface area contributed by atoms with Gasteiger partial charge in [-0.2, -0.15) is 11.3 Å². The molecule has 1 aromatic heterocycles. The Bertz CT molecular complexity index is 546. The molecule has 1 saturated carbocycles. The van der Waals surface area contributed by atoms with Gasteiger partial charge in [0.1, 0.15) is 0 Å². The lowest BCUT2D eigenvalue weighted by atomic mass is 10.0. The zero-order chi connectivity index (χ0) is 13.9. The van der Waals surface area contributed by atoms with Gasteiger partial charge in [-0.25, -0.2) is 0 Å². The Balaban J connectivity index is 1.91. The van der Waals surface area contributed by atoms with E-state index in [0.29, 0.717) is 6.04 Å². The highest BCUT2D eigenvalue weighted by Crippen LogP contribution is 2.37. The van der Waals surface area contributed by atoms with Crippen LogP contribution in [-0.4, -0.2) is 6.04 Å². The fraction of sp³-hybridized carbons (Fsp3) is 0.412. The van der Waals surface area contributed by atoms with E-state index in [2.05, 4.69) is 52.9 Å². The molecule has 1 aliphatic carbocycles. The lowest BCUT2D eigenvalue weighted by Crippen LogP contribution is -2.27. The Morgan fingerprint density at radius 1 is 1.30 bits per heavy atom. The third-order valence-corrected chi connectivity index (χ3v) is 4.74. The van der Waals surface area contributed by atoms with E-state index in [1.54, 1.807) is 11.3 Å². The van der Waals surface area contributed by atoms with Crippen LogP contribution in [0, 0.1) is 0 Å². The molecular formula is C17H22N2S. The van der Waals surface area contributed by atoms with E-state index in [0.717, 1.165) is 13.0 Å². The predicted molar refractivity (Wildman–Crippen MR) is 87.2 cm³/mol. The molecule has 0 aliphatic heterocycles. The molecule has 0 saturated heterocycles. The van der Waals surface area contributed by atoms with Crippen LogP contribution in [0.5, 0.6) is 0 Å². The maximum absolute atomic E-state index is 6.30. The van der Waals surface area contributed by atoms with Gasteiger partial charge in [-0.1, -0.05) is 25.1 Å². The zero-order valence-electron chi connectivity index (χ0n) is 12.0. The minimum atomic E-state index is 0.134. The van der Waals surface area contributed by atoms with E-state index in [1.165, 1.54) is 29.7 Å². The highest BCUT2D eigenvalue weighted by atomic mass is 32.1. The second-order valence-corrected chi connectivity index (χ2v) is 6.34. The number of para-hydroxylation sites is 1. The van der Waals surface area contributed by atoms with Gasteiger partial charge in [-0.15, -0.1) is 0 Å². The molecule has 0 bridgehead atoms. The van der Waals surface area contributed by atoms with Crippen LogP contribution in [0.2, 0.25) is 0 Å². The first kappa shape index (κ1) is 13.7. The number of nitrogens with zero attached hydrogens (tertiary/aromatic N) is 1. The largest absolute Gasteiger partial charge is 0.364 e. The van der Waals surface area contributed by atoms with E-state index >= 15 is 0 Å². The summed E-state index contributed by atoms with van der Waals surface area (Å²) < 4.78 is 0. The molecule has 2 nitrogen and oxygen atoms in total. The highest BCUT2D eigenvalue weighted by molar-refractivity contribution is 7.07. The first-order valence-electron chi connectivity index (χ1n) is 7.41. The van der Waals surface area contributed by atoms with E-state index < -0.39 is 0 Å². The molecule has 1 fully saturated rings. The summed E-state index contributed by atoms with van der Waals surface area (Å²) in [7, 11) is 0. The van der Waals surface area contributed by atoms with Crippen LogP contribution in [0.15, 0.2) is 41.1 Å². The molecule has 1 atom stereocenters. The number of anilines is 1. The lowest BCUT2D eigenvalue weighted by Gasteiger charge is -2.28. The molecule has 0 radical (unpaired) electrons. The van der Waals surface area contributed by atoms with Crippen LogP contribution < -0.4 is 10.6 Å². The van der Waals surface area contributed by atoms with Crippen molar-refractivity contribution in [2.75, 3.05) is 4.90 Å². The Kier molecular flexibility index (Phi) is 4.08. The van der Waals surface area contributed by atoms with Crippen LogP contribution in [-0.2, 0) is 6.54 Å². The topological polar surface area (TPSA) is 29.3 Å². The standard InChI is InChI=1S/C17H22N2S/c1-2-16(18)15-5-3-4-6-17(15)19(14-7-8-14)11-13-9-10-20-12-13/h3-6,9-10,12,14,16H,2,7-8,11,18H2,1H3/t16-/m0/s1. The van der Waals surface area contributed by atoms with Crippen molar-refractivity contribution < 1.29 is 0 Å². The second kappa shape index (κ2) is 5.98. The van der Waals surface area contributed by atoms with Crippen LogP contribution in [0.3, 0.4) is 0 Å². The van der Waals surface area contributed by atoms with E-state index in [4.69, 9.17) is 5.73 Å². The normalized spacial score (nSPS) is 16.1. The Morgan fingerprint density at radius 2 is 2.10 bits per heavy atom. The lowest BCUT2D eigenvalue weighted by molar-refractivity contribution is 0.686. The van der Waals surface area contributed by atoms with E-state index in [9.17, 15) is 0 Å². The minimum absolute atomic E-state index is 0.134. The molecule has 1 heterocycles. The van der Waals surface area contributed by atoms with Crippen LogP contribution >= 0.6 is 11.3 Å². The van der Waals surface area contributed by atoms with Crippen molar-refractivity contribution in [3.63, 3.8) is 0 Å². The molecule has 1 aliphatic rings. The van der Waals surface area contributed by atoms with Crippen LogP contribution in [0.25, 0.3) is 0 Å². The van der Waals surface area contributed by atoms with Gasteiger partial charge in [0.15, 0.2) is 0 Å². The quantitative estimate of drug-likeness (QED) is 0.856. The van der Waals surface area contributed by atoms with E-state index in [1.807, 2.05) is 0 Å². The first-order chi connectivity index (χ1) is 9.79. The van der Waals surface area contributed by atoms with Gasteiger partial charge in [0.05, 0.1) is 0 Å². The smallest absolute Gasteiger partial charge is 0.0440 e. The number of hydrogen-bond donors (Lipinski definition) is 1. The molecule has 20 heavy (non-hydrogen) atoms. The summed E-state index contributed by atoms with van der Waals surface area (Å²) in [6.07, 6.45) is 3.59. The summed E-state index contributed by atoms with van der Waals surface area (Å²) >= 11 is 1.77. The van der Waals surface area contributed by atoms with Gasteiger partial charge in [0, 0.05) is 24.3 Å². The van der Waals surface area contributed by atoms with Crippen molar-refractivity contribution in [2.24, 2.45) is 5.73 Å². The minimum Gasteiger partial charge on any atom is -0.364 e. The summed E-state index contributed by atoms with van der Waals surface area (Å²) in [6.45, 7) is 3.16. The number of thiophene rings is 1. The summed E-state index contributed by atoms with van der Waals surface area (Å²) in [5.41, 5.74) is 10.3. The summed E-state index contributed by atoms with van der Waals surface area (Å²) in [5.74, 6) is 0. The number of hydrogen-bond acceptors (Lipinski definition) is 3. The van der Waals surface area contributed by atoms with Crippen LogP contribution in [0.4, 0.5) is 5.69 Å². The Labute approximate surface area is 125 Å². The maximum atomic E-state index is 6.30. The summed E-state index contributed by atoms with van der Waals surface area (Å²) in [6, 6.07) is 11.7. The van der Waals surface area contributed by atoms with E-state index in [-0.39, 0.29) is 6.04 Å².